The summed E-state index contributed by atoms with van der Waals surface area (Å²) in [4.78, 5) is 10.6. The Morgan fingerprint density at radius 1 is 1.39 bits per heavy atom. The van der Waals surface area contributed by atoms with Crippen LogP contribution in [0, 0.1) is 0 Å². The van der Waals surface area contributed by atoms with E-state index in [9.17, 15) is 4.79 Å². The Hall–Kier alpha value is -1.61. The fourth-order valence-electron chi connectivity index (χ4n) is 1.63. The molecule has 0 heterocycles. The van der Waals surface area contributed by atoms with Gasteiger partial charge in [-0.1, -0.05) is 36.4 Å². The van der Waals surface area contributed by atoms with Crippen LogP contribution in [0.15, 0.2) is 42.0 Å². The van der Waals surface area contributed by atoms with Crippen LogP contribution in [0.2, 0.25) is 0 Å². The summed E-state index contributed by atoms with van der Waals surface area (Å²) in [5.74, 6) is -0.853. The van der Waals surface area contributed by atoms with Crippen molar-refractivity contribution in [2.24, 2.45) is 0 Å². The monoisotopic (exact) mass is 247 g/mol. The molecule has 0 aliphatic rings. The van der Waals surface area contributed by atoms with Gasteiger partial charge in [0.2, 0.25) is 0 Å². The van der Waals surface area contributed by atoms with E-state index >= 15 is 0 Å². The normalized spacial score (nSPS) is 13.3. The Morgan fingerprint density at radius 2 is 2.06 bits per heavy atom. The topological polar surface area (TPSA) is 49.3 Å². The summed E-state index contributed by atoms with van der Waals surface area (Å²) < 4.78 is 0. The lowest BCUT2D eigenvalue weighted by Crippen LogP contribution is -2.26. The van der Waals surface area contributed by atoms with Crippen molar-refractivity contribution in [3.63, 3.8) is 0 Å². The summed E-state index contributed by atoms with van der Waals surface area (Å²) in [6.07, 6.45) is 3.79. The van der Waals surface area contributed by atoms with Crippen LogP contribution in [0.25, 0.3) is 0 Å². The summed E-state index contributed by atoms with van der Waals surface area (Å²) in [7, 11) is 0. The van der Waals surface area contributed by atoms with Crippen LogP contribution >= 0.6 is 0 Å². The highest BCUT2D eigenvalue weighted by atomic mass is 16.4. The van der Waals surface area contributed by atoms with Gasteiger partial charge in [0.25, 0.3) is 0 Å². The second-order valence-corrected chi connectivity index (χ2v) is 4.53. The predicted molar refractivity (Wildman–Crippen MR) is 73.6 cm³/mol. The Morgan fingerprint density at radius 3 is 2.67 bits per heavy atom. The maximum Gasteiger partial charge on any atom is 0.330 e. The number of benzene rings is 1. The number of hydrogen-bond donors (Lipinski definition) is 2. The van der Waals surface area contributed by atoms with Crippen molar-refractivity contribution < 1.29 is 9.90 Å². The molecule has 0 aromatic heterocycles. The molecule has 1 rings (SSSR count). The zero-order valence-electron chi connectivity index (χ0n) is 11.0. The molecule has 18 heavy (non-hydrogen) atoms. The van der Waals surface area contributed by atoms with E-state index in [-0.39, 0.29) is 0 Å². The van der Waals surface area contributed by atoms with Gasteiger partial charge in [-0.25, -0.2) is 4.79 Å². The summed E-state index contributed by atoms with van der Waals surface area (Å²) in [5.41, 5.74) is 1.72. The molecule has 0 aliphatic heterocycles. The number of hydrogen-bond acceptors (Lipinski definition) is 2. The smallest absolute Gasteiger partial charge is 0.330 e. The molecule has 3 nitrogen and oxygen atoms in total. The summed E-state index contributed by atoms with van der Waals surface area (Å²) >= 11 is 0. The maximum atomic E-state index is 10.6. The Kier molecular flexibility index (Phi) is 6.15. The zero-order chi connectivity index (χ0) is 13.4. The van der Waals surface area contributed by atoms with E-state index in [0.717, 1.165) is 12.8 Å². The van der Waals surface area contributed by atoms with Crippen LogP contribution in [0.4, 0.5) is 0 Å². The van der Waals surface area contributed by atoms with E-state index in [1.807, 2.05) is 18.2 Å². The fraction of sp³-hybridized carbons (Fsp3) is 0.400. The second kappa shape index (κ2) is 7.67. The summed E-state index contributed by atoms with van der Waals surface area (Å²) in [6, 6.07) is 10.7. The van der Waals surface area contributed by atoms with Crippen LogP contribution in [0.5, 0.6) is 0 Å². The van der Waals surface area contributed by atoms with Crippen LogP contribution in [-0.4, -0.2) is 23.7 Å². The first-order chi connectivity index (χ1) is 8.59. The lowest BCUT2D eigenvalue weighted by Gasteiger charge is -2.12. The molecule has 2 N–H and O–H groups in total. The van der Waals surface area contributed by atoms with Crippen molar-refractivity contribution in [2.75, 3.05) is 6.54 Å². The average molecular weight is 247 g/mol. The third kappa shape index (κ3) is 5.64. The van der Waals surface area contributed by atoms with Crippen molar-refractivity contribution in [3.05, 3.63) is 47.5 Å². The molecule has 3 heteroatoms. The highest BCUT2D eigenvalue weighted by molar-refractivity contribution is 5.85. The van der Waals surface area contributed by atoms with Crippen molar-refractivity contribution in [3.8, 4) is 0 Å². The van der Waals surface area contributed by atoms with Crippen molar-refractivity contribution >= 4 is 5.97 Å². The van der Waals surface area contributed by atoms with Gasteiger partial charge in [0, 0.05) is 18.2 Å². The number of rotatable bonds is 7. The first-order valence-electron chi connectivity index (χ1n) is 6.27. The molecule has 0 saturated heterocycles. The molecule has 1 aromatic carbocycles. The van der Waals surface area contributed by atoms with E-state index < -0.39 is 5.97 Å². The second-order valence-electron chi connectivity index (χ2n) is 4.53. The minimum atomic E-state index is -0.853. The zero-order valence-corrected chi connectivity index (χ0v) is 11.0. The minimum Gasteiger partial charge on any atom is -0.478 e. The molecule has 0 aliphatic carbocycles. The molecular formula is C15H21NO2. The molecule has 0 fully saturated rings. The van der Waals surface area contributed by atoms with Gasteiger partial charge >= 0.3 is 5.97 Å². The molecular weight excluding hydrogens is 226 g/mol. The van der Waals surface area contributed by atoms with E-state index in [1.54, 1.807) is 13.0 Å². The highest BCUT2D eigenvalue weighted by Gasteiger charge is 2.02. The van der Waals surface area contributed by atoms with E-state index in [2.05, 4.69) is 24.4 Å². The predicted octanol–water partition coefficient (Wildman–Crippen LogP) is 2.63. The molecule has 1 unspecified atom stereocenters. The third-order valence-electron chi connectivity index (χ3n) is 2.92. The molecule has 0 saturated carbocycles. The number of carboxylic acid groups (broad SMARTS) is 1. The van der Waals surface area contributed by atoms with Gasteiger partial charge in [-0.05, 0) is 32.3 Å². The fourth-order valence-corrected chi connectivity index (χ4v) is 1.63. The number of nitrogens with one attached hydrogen (secondary N) is 1. The van der Waals surface area contributed by atoms with Gasteiger partial charge in [0.1, 0.15) is 0 Å². The molecule has 0 radical (unpaired) electrons. The third-order valence-corrected chi connectivity index (χ3v) is 2.92. The van der Waals surface area contributed by atoms with Gasteiger partial charge in [-0.15, -0.1) is 0 Å². The largest absolute Gasteiger partial charge is 0.478 e. The van der Waals surface area contributed by atoms with E-state index in [0.29, 0.717) is 18.2 Å². The molecule has 0 bridgehead atoms. The van der Waals surface area contributed by atoms with Gasteiger partial charge in [0.05, 0.1) is 0 Å². The first kappa shape index (κ1) is 14.5. The minimum absolute atomic E-state index is 0.378. The number of aliphatic carboxylic acids is 1. The van der Waals surface area contributed by atoms with Crippen molar-refractivity contribution in [1.82, 2.24) is 5.32 Å². The molecule has 0 spiro atoms. The SMILES string of the molecule is C/C(=C/CNC(C)CCc1ccccc1)C(=O)O. The van der Waals surface area contributed by atoms with Gasteiger partial charge in [-0.2, -0.15) is 0 Å². The average Bonchev–Trinajstić information content (AvgIpc) is 2.37. The molecule has 1 atom stereocenters. The Balaban J connectivity index is 2.24. The number of aryl methyl sites for hydroxylation is 1. The lowest BCUT2D eigenvalue weighted by molar-refractivity contribution is -0.132. The van der Waals surface area contributed by atoms with Crippen LogP contribution < -0.4 is 5.32 Å². The van der Waals surface area contributed by atoms with Crippen LogP contribution in [0.1, 0.15) is 25.8 Å². The van der Waals surface area contributed by atoms with E-state index in [4.69, 9.17) is 5.11 Å². The van der Waals surface area contributed by atoms with Crippen molar-refractivity contribution in [1.29, 1.82) is 0 Å². The quantitative estimate of drug-likeness (QED) is 0.728. The van der Waals surface area contributed by atoms with Crippen LogP contribution in [-0.2, 0) is 11.2 Å². The Bertz CT molecular complexity index is 398. The molecule has 1 aromatic rings. The molecule has 0 amide bonds. The Labute approximate surface area is 109 Å². The number of carboxylic acids is 1. The van der Waals surface area contributed by atoms with Gasteiger partial charge < -0.3 is 10.4 Å². The summed E-state index contributed by atoms with van der Waals surface area (Å²) in [5, 5.41) is 12.0. The lowest BCUT2D eigenvalue weighted by atomic mass is 10.1. The van der Waals surface area contributed by atoms with Gasteiger partial charge in [-0.3, -0.25) is 0 Å². The van der Waals surface area contributed by atoms with E-state index in [1.165, 1.54) is 5.56 Å². The standard InChI is InChI=1S/C15H21NO2/c1-12(15(17)18)10-11-16-13(2)8-9-14-6-4-3-5-7-14/h3-7,10,13,16H,8-9,11H2,1-2H3,(H,17,18)/b12-10-. The highest BCUT2D eigenvalue weighted by Crippen LogP contribution is 2.04. The maximum absolute atomic E-state index is 10.6. The van der Waals surface area contributed by atoms with Crippen LogP contribution in [0.3, 0.4) is 0 Å². The summed E-state index contributed by atoms with van der Waals surface area (Å²) in [6.45, 7) is 4.33. The first-order valence-corrected chi connectivity index (χ1v) is 6.27. The van der Waals surface area contributed by atoms with Gasteiger partial charge in [0.15, 0.2) is 0 Å². The number of carbonyl (C=O) groups is 1. The van der Waals surface area contributed by atoms with Crippen molar-refractivity contribution in [2.45, 2.75) is 32.7 Å². The molecule has 98 valence electrons.